The van der Waals surface area contributed by atoms with Crippen LogP contribution in [0.1, 0.15) is 6.92 Å². The summed E-state index contributed by atoms with van der Waals surface area (Å²) in [5.41, 5.74) is 0. The maximum absolute atomic E-state index is 12.5. The van der Waals surface area contributed by atoms with Crippen molar-refractivity contribution in [1.82, 2.24) is 0 Å². The van der Waals surface area contributed by atoms with Crippen molar-refractivity contribution in [2.75, 3.05) is 6.61 Å². The van der Waals surface area contributed by atoms with E-state index in [1.807, 2.05) is 0 Å². The maximum Gasteiger partial charge on any atom is 0.444 e. The molecule has 0 rings (SSSR count). The number of rotatable bonds is 2. The Bertz CT molecular complexity index is 177. The molecule has 0 aromatic heterocycles. The van der Waals surface area contributed by atoms with E-state index < -0.39 is 16.7 Å². The molecule has 0 aromatic rings. The fourth-order valence-corrected chi connectivity index (χ4v) is 0.452. The van der Waals surface area contributed by atoms with Gasteiger partial charge in [0.2, 0.25) is 0 Å². The minimum absolute atomic E-state index is 0.313. The van der Waals surface area contributed by atoms with Gasteiger partial charge in [0.05, 0.1) is 6.61 Å². The summed E-state index contributed by atoms with van der Waals surface area (Å²) in [6, 6.07) is 0. The summed E-state index contributed by atoms with van der Waals surface area (Å²) in [6.45, 7) is 0.962. The van der Waals surface area contributed by atoms with Crippen LogP contribution < -0.4 is 0 Å². The van der Waals surface area contributed by atoms with Gasteiger partial charge in [0.1, 0.15) is 0 Å². The van der Waals surface area contributed by atoms with E-state index in [2.05, 4.69) is 4.74 Å². The van der Waals surface area contributed by atoms with Gasteiger partial charge in [-0.25, -0.2) is 9.18 Å². The molecular weight excluding hydrogens is 248 g/mol. The molecule has 0 fully saturated rings. The van der Waals surface area contributed by atoms with Gasteiger partial charge in [0.25, 0.3) is 0 Å². The van der Waals surface area contributed by atoms with Crippen molar-refractivity contribution in [1.29, 1.82) is 0 Å². The Kier molecular flexibility index (Phi) is 3.49. The average molecular weight is 253 g/mol. The Morgan fingerprint density at radius 1 is 1.42 bits per heavy atom. The van der Waals surface area contributed by atoms with Crippen molar-refractivity contribution in [3.05, 3.63) is 0 Å². The highest BCUT2D eigenvalue weighted by Crippen LogP contribution is 2.40. The molecule has 0 aliphatic heterocycles. The van der Waals surface area contributed by atoms with Crippen LogP contribution in [0.4, 0.5) is 17.6 Å². The van der Waals surface area contributed by atoms with E-state index in [1.54, 1.807) is 15.9 Å². The molecule has 0 aromatic carbocycles. The van der Waals surface area contributed by atoms with Crippen LogP contribution in [0.5, 0.6) is 0 Å². The van der Waals surface area contributed by atoms with Gasteiger partial charge in [-0.2, -0.15) is 13.2 Å². The van der Waals surface area contributed by atoms with Gasteiger partial charge in [0.15, 0.2) is 0 Å². The molecule has 0 aliphatic rings. The van der Waals surface area contributed by atoms with E-state index in [-0.39, 0.29) is 6.61 Å². The van der Waals surface area contributed by atoms with E-state index >= 15 is 0 Å². The molecular formula is C5H5BrF4O2. The molecule has 7 heteroatoms. The third-order valence-electron chi connectivity index (χ3n) is 0.888. The molecule has 0 aliphatic carbocycles. The summed E-state index contributed by atoms with van der Waals surface area (Å²) < 4.78 is 47.3. The van der Waals surface area contributed by atoms with Gasteiger partial charge in [-0.3, -0.25) is 0 Å². The van der Waals surface area contributed by atoms with Crippen LogP contribution in [-0.2, 0) is 9.53 Å². The van der Waals surface area contributed by atoms with Crippen molar-refractivity contribution >= 4 is 21.9 Å². The Morgan fingerprint density at radius 2 is 1.83 bits per heavy atom. The summed E-state index contributed by atoms with van der Waals surface area (Å²) in [4.78, 5) is 10.3. The zero-order valence-corrected chi connectivity index (χ0v) is 7.50. The lowest BCUT2D eigenvalue weighted by atomic mass is 10.4. The third-order valence-corrected chi connectivity index (χ3v) is 1.66. The number of ether oxygens (including phenoxy) is 1. The second-order valence-corrected chi connectivity index (χ2v) is 2.89. The van der Waals surface area contributed by atoms with E-state index in [0.717, 1.165) is 0 Å². The van der Waals surface area contributed by atoms with Crippen LogP contribution in [0.3, 0.4) is 0 Å². The number of carbonyl (C=O) groups excluding carboxylic acids is 1. The first kappa shape index (κ1) is 11.7. The van der Waals surface area contributed by atoms with Gasteiger partial charge in [-0.05, 0) is 22.9 Å². The first-order valence-electron chi connectivity index (χ1n) is 2.85. The van der Waals surface area contributed by atoms with Gasteiger partial charge in [-0.1, -0.05) is 0 Å². The third kappa shape index (κ3) is 2.33. The molecule has 0 amide bonds. The minimum atomic E-state index is -5.31. The molecule has 0 N–H and O–H groups in total. The molecule has 2 nitrogen and oxygen atoms in total. The number of hydrogen-bond donors (Lipinski definition) is 0. The second-order valence-electron chi connectivity index (χ2n) is 1.79. The minimum Gasteiger partial charge on any atom is -0.463 e. The fourth-order valence-electron chi connectivity index (χ4n) is 0.337. The smallest absolute Gasteiger partial charge is 0.444 e. The molecule has 0 radical (unpaired) electrons. The van der Waals surface area contributed by atoms with E-state index in [9.17, 15) is 22.4 Å². The molecule has 0 unspecified atom stereocenters. The lowest BCUT2D eigenvalue weighted by Crippen LogP contribution is -2.43. The van der Waals surface area contributed by atoms with Crippen LogP contribution in [0.2, 0.25) is 0 Å². The highest BCUT2D eigenvalue weighted by atomic mass is 79.9. The van der Waals surface area contributed by atoms with Gasteiger partial charge >= 0.3 is 16.7 Å². The summed E-state index contributed by atoms with van der Waals surface area (Å²) in [6.07, 6.45) is -5.31. The Balaban J connectivity index is 4.50. The number of halogens is 5. The zero-order valence-electron chi connectivity index (χ0n) is 5.91. The monoisotopic (exact) mass is 252 g/mol. The number of hydrogen-bond acceptors (Lipinski definition) is 2. The SMILES string of the molecule is CCOC(=O)[C@@](F)(Br)C(F)(F)F. The van der Waals surface area contributed by atoms with Crippen LogP contribution >= 0.6 is 15.9 Å². The topological polar surface area (TPSA) is 26.3 Å². The second kappa shape index (κ2) is 3.59. The van der Waals surface area contributed by atoms with E-state index in [1.165, 1.54) is 6.92 Å². The fraction of sp³-hybridized carbons (Fsp3) is 0.800. The quantitative estimate of drug-likeness (QED) is 0.428. The standard InChI is InChI=1S/C5H5BrF4O2/c1-2-12-3(11)4(6,7)5(8,9)10/h2H2,1H3/t4-/m0/s1. The number of carbonyl (C=O) groups is 1. The van der Waals surface area contributed by atoms with Crippen molar-refractivity contribution in [2.24, 2.45) is 0 Å². The van der Waals surface area contributed by atoms with Crippen molar-refractivity contribution < 1.29 is 27.1 Å². The highest BCUT2D eigenvalue weighted by Gasteiger charge is 2.61. The van der Waals surface area contributed by atoms with Crippen molar-refractivity contribution in [3.63, 3.8) is 0 Å². The zero-order chi connectivity index (χ0) is 9.99. The average Bonchev–Trinajstić information content (AvgIpc) is 1.85. The van der Waals surface area contributed by atoms with E-state index in [4.69, 9.17) is 0 Å². The van der Waals surface area contributed by atoms with Crippen LogP contribution in [0.25, 0.3) is 0 Å². The summed E-state index contributed by atoms with van der Waals surface area (Å²) >= 11 is 1.60. The summed E-state index contributed by atoms with van der Waals surface area (Å²) in [5, 5.41) is 0. The van der Waals surface area contributed by atoms with Gasteiger partial charge in [-0.15, -0.1) is 0 Å². The molecule has 0 bridgehead atoms. The molecule has 0 saturated heterocycles. The number of alkyl halides is 5. The van der Waals surface area contributed by atoms with Crippen LogP contribution in [-0.4, -0.2) is 23.3 Å². The normalized spacial score (nSPS) is 16.8. The largest absolute Gasteiger partial charge is 0.463 e. The first-order valence-corrected chi connectivity index (χ1v) is 3.64. The molecule has 0 saturated carbocycles. The van der Waals surface area contributed by atoms with Crippen LogP contribution in [0, 0.1) is 0 Å². The lowest BCUT2D eigenvalue weighted by molar-refractivity contribution is -0.209. The number of esters is 1. The van der Waals surface area contributed by atoms with Crippen molar-refractivity contribution in [3.8, 4) is 0 Å². The van der Waals surface area contributed by atoms with Crippen LogP contribution in [0.15, 0.2) is 0 Å². The predicted molar refractivity (Wildman–Crippen MR) is 35.5 cm³/mol. The first-order chi connectivity index (χ1) is 5.23. The summed E-state index contributed by atoms with van der Waals surface area (Å²) in [5.74, 6) is -1.99. The van der Waals surface area contributed by atoms with E-state index in [0.29, 0.717) is 0 Å². The van der Waals surface area contributed by atoms with Crippen molar-refractivity contribution in [2.45, 2.75) is 17.7 Å². The van der Waals surface area contributed by atoms with Gasteiger partial charge in [0, 0.05) is 0 Å². The Morgan fingerprint density at radius 3 is 2.08 bits per heavy atom. The summed E-state index contributed by atoms with van der Waals surface area (Å²) in [7, 11) is 0. The Hall–Kier alpha value is -0.330. The molecule has 72 valence electrons. The molecule has 0 spiro atoms. The molecule has 1 atom stereocenters. The molecule has 12 heavy (non-hydrogen) atoms. The molecule has 0 heterocycles. The lowest BCUT2D eigenvalue weighted by Gasteiger charge is -2.18. The highest BCUT2D eigenvalue weighted by molar-refractivity contribution is 9.10. The van der Waals surface area contributed by atoms with Gasteiger partial charge < -0.3 is 4.74 Å². The predicted octanol–water partition coefficient (Wildman–Crippen LogP) is 2.17. The Labute approximate surface area is 74.0 Å². The maximum atomic E-state index is 12.5.